The van der Waals surface area contributed by atoms with Crippen molar-refractivity contribution in [2.75, 3.05) is 17.1 Å². The maximum atomic E-state index is 13.6. The molecule has 2 aromatic carbocycles. The first-order valence-electron chi connectivity index (χ1n) is 10.7. The van der Waals surface area contributed by atoms with E-state index in [9.17, 15) is 18.0 Å². The Morgan fingerprint density at radius 3 is 2.26 bits per heavy atom. The summed E-state index contributed by atoms with van der Waals surface area (Å²) in [4.78, 5) is 27.8. The molecule has 0 aliphatic rings. The number of carbonyl (C=O) groups excluding carboxylic acids is 2. The molecule has 10 heteroatoms. The summed E-state index contributed by atoms with van der Waals surface area (Å²) in [6.45, 7) is 8.38. The van der Waals surface area contributed by atoms with Gasteiger partial charge in [0.1, 0.15) is 12.6 Å². The second-order valence-corrected chi connectivity index (χ2v) is 12.0. The largest absolute Gasteiger partial charge is 0.350 e. The molecular formula is C24H31Cl2N3O4S. The molecule has 0 fully saturated rings. The van der Waals surface area contributed by atoms with Crippen molar-refractivity contribution in [2.45, 2.75) is 52.7 Å². The molecular weight excluding hydrogens is 497 g/mol. The van der Waals surface area contributed by atoms with Crippen LogP contribution in [-0.4, -0.2) is 49.5 Å². The lowest BCUT2D eigenvalue weighted by Gasteiger charge is -2.33. The number of hydrogen-bond donors (Lipinski definition) is 1. The van der Waals surface area contributed by atoms with E-state index < -0.39 is 34.1 Å². The predicted octanol–water partition coefficient (Wildman–Crippen LogP) is 4.40. The summed E-state index contributed by atoms with van der Waals surface area (Å²) < 4.78 is 26.3. The van der Waals surface area contributed by atoms with Gasteiger partial charge in [-0.2, -0.15) is 0 Å². The van der Waals surface area contributed by atoms with Gasteiger partial charge in [0.05, 0.1) is 11.9 Å². The van der Waals surface area contributed by atoms with E-state index in [1.54, 1.807) is 50.2 Å². The minimum Gasteiger partial charge on any atom is -0.350 e. The summed E-state index contributed by atoms with van der Waals surface area (Å²) in [5.41, 5.74) is 1.06. The number of rotatable bonds is 8. The third-order valence-electron chi connectivity index (χ3n) is 5.08. The van der Waals surface area contributed by atoms with E-state index in [2.05, 4.69) is 5.32 Å². The number of nitrogens with one attached hydrogen (secondary N) is 1. The van der Waals surface area contributed by atoms with Crippen LogP contribution in [0.15, 0.2) is 42.5 Å². The van der Waals surface area contributed by atoms with Crippen LogP contribution in [-0.2, 0) is 26.2 Å². The van der Waals surface area contributed by atoms with Crippen LogP contribution in [0.5, 0.6) is 0 Å². The molecule has 2 aromatic rings. The smallest absolute Gasteiger partial charge is 0.244 e. The third-order valence-corrected chi connectivity index (χ3v) is 6.81. The Hall–Kier alpha value is -2.29. The van der Waals surface area contributed by atoms with E-state index in [0.29, 0.717) is 26.9 Å². The zero-order valence-corrected chi connectivity index (χ0v) is 22.6. The van der Waals surface area contributed by atoms with Gasteiger partial charge in [0.2, 0.25) is 21.8 Å². The summed E-state index contributed by atoms with van der Waals surface area (Å²) in [7, 11) is -3.84. The molecule has 0 radical (unpaired) electrons. The lowest BCUT2D eigenvalue weighted by Crippen LogP contribution is -2.54. The SMILES string of the molecule is Cc1ccc(Cl)cc1N(CC(=O)N(Cc1ccccc1Cl)[C@H](C)C(=O)NC(C)(C)C)S(C)(=O)=O. The number of carbonyl (C=O) groups is 2. The topological polar surface area (TPSA) is 86.8 Å². The number of sulfonamides is 1. The molecule has 0 bridgehead atoms. The summed E-state index contributed by atoms with van der Waals surface area (Å²) in [5, 5.41) is 3.65. The molecule has 0 aliphatic heterocycles. The van der Waals surface area contributed by atoms with Crippen molar-refractivity contribution < 1.29 is 18.0 Å². The molecule has 2 rings (SSSR count). The van der Waals surface area contributed by atoms with Crippen molar-refractivity contribution in [3.05, 3.63) is 63.6 Å². The summed E-state index contributed by atoms with van der Waals surface area (Å²) in [6.07, 6.45) is 1.02. The summed E-state index contributed by atoms with van der Waals surface area (Å²) in [5.74, 6) is -0.918. The molecule has 0 saturated heterocycles. The predicted molar refractivity (Wildman–Crippen MR) is 138 cm³/mol. The lowest BCUT2D eigenvalue weighted by atomic mass is 10.1. The van der Waals surface area contributed by atoms with E-state index in [1.807, 2.05) is 20.8 Å². The normalized spacial score (nSPS) is 12.7. The highest BCUT2D eigenvalue weighted by atomic mass is 35.5. The Bertz CT molecular complexity index is 1160. The fourth-order valence-electron chi connectivity index (χ4n) is 3.31. The first kappa shape index (κ1) is 28.0. The average Bonchev–Trinajstić information content (AvgIpc) is 2.70. The minimum absolute atomic E-state index is 0.0311. The van der Waals surface area contributed by atoms with Crippen LogP contribution in [0.25, 0.3) is 0 Å². The molecule has 0 aromatic heterocycles. The maximum Gasteiger partial charge on any atom is 0.244 e. The Morgan fingerprint density at radius 1 is 1.09 bits per heavy atom. The Morgan fingerprint density at radius 2 is 1.71 bits per heavy atom. The highest BCUT2D eigenvalue weighted by Crippen LogP contribution is 2.27. The van der Waals surface area contributed by atoms with Gasteiger partial charge in [-0.15, -0.1) is 0 Å². The van der Waals surface area contributed by atoms with Gasteiger partial charge in [0.25, 0.3) is 0 Å². The van der Waals surface area contributed by atoms with Crippen molar-refractivity contribution in [1.29, 1.82) is 0 Å². The lowest BCUT2D eigenvalue weighted by molar-refractivity contribution is -0.140. The molecule has 0 heterocycles. The van der Waals surface area contributed by atoms with Crippen molar-refractivity contribution in [3.8, 4) is 0 Å². The Balaban J connectivity index is 2.47. The molecule has 0 unspecified atom stereocenters. The summed E-state index contributed by atoms with van der Waals surface area (Å²) in [6, 6.07) is 10.9. The maximum absolute atomic E-state index is 13.6. The molecule has 0 spiro atoms. The first-order valence-corrected chi connectivity index (χ1v) is 13.3. The van der Waals surface area contributed by atoms with Crippen LogP contribution in [0.3, 0.4) is 0 Å². The van der Waals surface area contributed by atoms with Crippen LogP contribution in [0, 0.1) is 6.92 Å². The first-order chi connectivity index (χ1) is 15.6. The van der Waals surface area contributed by atoms with E-state index >= 15 is 0 Å². The van der Waals surface area contributed by atoms with Gasteiger partial charge in [-0.25, -0.2) is 8.42 Å². The number of anilines is 1. The summed E-state index contributed by atoms with van der Waals surface area (Å²) >= 11 is 12.4. The third kappa shape index (κ3) is 7.61. The van der Waals surface area contributed by atoms with Crippen LogP contribution >= 0.6 is 23.2 Å². The molecule has 34 heavy (non-hydrogen) atoms. The molecule has 186 valence electrons. The zero-order valence-electron chi connectivity index (χ0n) is 20.2. The number of hydrogen-bond acceptors (Lipinski definition) is 4. The number of benzene rings is 2. The average molecular weight is 529 g/mol. The molecule has 0 aliphatic carbocycles. The Labute approximate surface area is 212 Å². The van der Waals surface area contributed by atoms with Crippen LogP contribution in [0.4, 0.5) is 5.69 Å². The fraction of sp³-hybridized carbons (Fsp3) is 0.417. The quantitative estimate of drug-likeness (QED) is 0.551. The van der Waals surface area contributed by atoms with Gasteiger partial charge in [0, 0.05) is 22.1 Å². The fourth-order valence-corrected chi connectivity index (χ4v) is 4.57. The van der Waals surface area contributed by atoms with Crippen LogP contribution in [0.2, 0.25) is 10.0 Å². The molecule has 0 saturated carbocycles. The van der Waals surface area contributed by atoms with Crippen LogP contribution in [0.1, 0.15) is 38.8 Å². The Kier molecular flexibility index (Phi) is 9.02. The minimum atomic E-state index is -3.84. The number of amides is 2. The van der Waals surface area contributed by atoms with Gasteiger partial charge < -0.3 is 10.2 Å². The van der Waals surface area contributed by atoms with Gasteiger partial charge in [-0.05, 0) is 63.9 Å². The zero-order chi connectivity index (χ0) is 25.8. The van der Waals surface area contributed by atoms with Crippen LogP contribution < -0.4 is 9.62 Å². The highest BCUT2D eigenvalue weighted by Gasteiger charge is 2.32. The van der Waals surface area contributed by atoms with Crippen molar-refractivity contribution in [2.24, 2.45) is 0 Å². The van der Waals surface area contributed by atoms with E-state index in [-0.39, 0.29) is 12.5 Å². The van der Waals surface area contributed by atoms with Gasteiger partial charge >= 0.3 is 0 Å². The van der Waals surface area contributed by atoms with Crippen molar-refractivity contribution >= 4 is 50.7 Å². The second kappa shape index (κ2) is 11.0. The highest BCUT2D eigenvalue weighted by molar-refractivity contribution is 7.92. The number of nitrogens with zero attached hydrogens (tertiary/aromatic N) is 2. The molecule has 1 atom stereocenters. The van der Waals surface area contributed by atoms with Crippen molar-refractivity contribution in [1.82, 2.24) is 10.2 Å². The molecule has 1 N–H and O–H groups in total. The molecule has 7 nitrogen and oxygen atoms in total. The monoisotopic (exact) mass is 527 g/mol. The second-order valence-electron chi connectivity index (χ2n) is 9.23. The van der Waals surface area contributed by atoms with E-state index in [4.69, 9.17) is 23.2 Å². The van der Waals surface area contributed by atoms with Gasteiger partial charge in [-0.3, -0.25) is 13.9 Å². The van der Waals surface area contributed by atoms with Gasteiger partial charge in [0.15, 0.2) is 0 Å². The number of aryl methyl sites for hydroxylation is 1. The van der Waals surface area contributed by atoms with Gasteiger partial charge in [-0.1, -0.05) is 47.5 Å². The van der Waals surface area contributed by atoms with E-state index in [1.165, 1.54) is 11.0 Å². The van der Waals surface area contributed by atoms with E-state index in [0.717, 1.165) is 10.6 Å². The number of halogens is 2. The van der Waals surface area contributed by atoms with Crippen molar-refractivity contribution in [3.63, 3.8) is 0 Å². The molecule has 2 amide bonds. The standard InChI is InChI=1S/C24H31Cl2N3O4S/c1-16-11-12-19(25)13-21(16)29(34(6,32)33)15-22(30)28(14-18-9-7-8-10-20(18)26)17(2)23(31)27-24(3,4)5/h7-13,17H,14-15H2,1-6H3,(H,27,31)/t17-/m1/s1.